The lowest BCUT2D eigenvalue weighted by Gasteiger charge is -2.13. The summed E-state index contributed by atoms with van der Waals surface area (Å²) in [6, 6.07) is 11.2. The average Bonchev–Trinajstić information content (AvgIpc) is 2.89. The molecule has 0 bridgehead atoms. The van der Waals surface area contributed by atoms with Crippen molar-refractivity contribution >= 4 is 0 Å². The minimum absolute atomic E-state index is 0.312. The van der Waals surface area contributed by atoms with Crippen LogP contribution in [0, 0.1) is 6.92 Å². The van der Waals surface area contributed by atoms with E-state index in [-0.39, 0.29) is 0 Å². The van der Waals surface area contributed by atoms with Crippen LogP contribution in [0.3, 0.4) is 0 Å². The molecular formula is C17H24N2O. The molecule has 2 rings (SSSR count). The lowest BCUT2D eigenvalue weighted by atomic mass is 10.0. The molecule has 1 heterocycles. The third kappa shape index (κ3) is 4.20. The van der Waals surface area contributed by atoms with E-state index in [1.54, 1.807) is 0 Å². The summed E-state index contributed by atoms with van der Waals surface area (Å²) in [6.45, 7) is 7.05. The highest BCUT2D eigenvalue weighted by atomic mass is 16.5. The molecule has 0 fully saturated rings. The van der Waals surface area contributed by atoms with Gasteiger partial charge in [0.1, 0.15) is 5.76 Å². The van der Waals surface area contributed by atoms with Gasteiger partial charge in [-0.25, -0.2) is 0 Å². The standard InChI is InChI=1S/C17H24N2O/c1-4-5-6-15-7-9-16(10-8-15)14(3)18-12-17-11-13(2)20-19-17/h7-11,14,18H,4-6,12H2,1-3H3. The number of unbranched alkanes of at least 4 members (excludes halogenated alkanes) is 1. The Bertz CT molecular complexity index is 516. The summed E-state index contributed by atoms with van der Waals surface area (Å²) < 4.78 is 5.07. The highest BCUT2D eigenvalue weighted by molar-refractivity contribution is 5.25. The van der Waals surface area contributed by atoms with Crippen LogP contribution in [0.25, 0.3) is 0 Å². The van der Waals surface area contributed by atoms with Gasteiger partial charge in [0.25, 0.3) is 0 Å². The third-order valence-corrected chi connectivity index (χ3v) is 3.56. The van der Waals surface area contributed by atoms with Crippen LogP contribution in [0.15, 0.2) is 34.9 Å². The third-order valence-electron chi connectivity index (χ3n) is 3.56. The molecule has 0 amide bonds. The van der Waals surface area contributed by atoms with Gasteiger partial charge in [0.05, 0.1) is 5.69 Å². The van der Waals surface area contributed by atoms with Crippen LogP contribution in [0.5, 0.6) is 0 Å². The number of aryl methyl sites for hydroxylation is 2. The van der Waals surface area contributed by atoms with E-state index < -0.39 is 0 Å². The van der Waals surface area contributed by atoms with Gasteiger partial charge in [0.2, 0.25) is 0 Å². The van der Waals surface area contributed by atoms with Crippen molar-refractivity contribution in [2.45, 2.75) is 52.6 Å². The molecule has 0 spiro atoms. The van der Waals surface area contributed by atoms with Crippen LogP contribution < -0.4 is 5.32 Å². The van der Waals surface area contributed by atoms with Gasteiger partial charge < -0.3 is 9.84 Å². The number of aromatic nitrogens is 1. The maximum absolute atomic E-state index is 5.07. The molecule has 2 aromatic rings. The Morgan fingerprint density at radius 2 is 2.00 bits per heavy atom. The SMILES string of the molecule is CCCCc1ccc(C(C)NCc2cc(C)on2)cc1. The van der Waals surface area contributed by atoms with Crippen molar-refractivity contribution in [1.29, 1.82) is 0 Å². The van der Waals surface area contributed by atoms with E-state index in [1.807, 2.05) is 13.0 Å². The fourth-order valence-electron chi connectivity index (χ4n) is 2.23. The minimum atomic E-state index is 0.312. The monoisotopic (exact) mass is 272 g/mol. The van der Waals surface area contributed by atoms with Crippen molar-refractivity contribution in [1.82, 2.24) is 10.5 Å². The Labute approximate surface area is 121 Å². The fourth-order valence-corrected chi connectivity index (χ4v) is 2.23. The van der Waals surface area contributed by atoms with Gasteiger partial charge in [-0.15, -0.1) is 0 Å². The van der Waals surface area contributed by atoms with Crippen molar-refractivity contribution in [2.75, 3.05) is 0 Å². The second-order valence-corrected chi connectivity index (χ2v) is 5.38. The van der Waals surface area contributed by atoms with E-state index in [1.165, 1.54) is 30.4 Å². The number of nitrogens with one attached hydrogen (secondary N) is 1. The van der Waals surface area contributed by atoms with Crippen molar-refractivity contribution in [3.8, 4) is 0 Å². The van der Waals surface area contributed by atoms with Crippen LogP contribution in [0.1, 0.15) is 55.3 Å². The second kappa shape index (κ2) is 7.25. The van der Waals surface area contributed by atoms with Gasteiger partial charge >= 0.3 is 0 Å². The predicted molar refractivity (Wildman–Crippen MR) is 81.5 cm³/mol. The molecule has 1 atom stereocenters. The molecule has 0 aliphatic rings. The van der Waals surface area contributed by atoms with Crippen molar-refractivity contribution in [2.24, 2.45) is 0 Å². The van der Waals surface area contributed by atoms with Gasteiger partial charge in [-0.1, -0.05) is 42.8 Å². The van der Waals surface area contributed by atoms with E-state index in [0.29, 0.717) is 6.04 Å². The summed E-state index contributed by atoms with van der Waals surface area (Å²) in [5.41, 5.74) is 3.69. The highest BCUT2D eigenvalue weighted by Crippen LogP contribution is 2.15. The summed E-state index contributed by atoms with van der Waals surface area (Å²) in [7, 11) is 0. The lowest BCUT2D eigenvalue weighted by Crippen LogP contribution is -2.18. The van der Waals surface area contributed by atoms with Crippen LogP contribution in [0.4, 0.5) is 0 Å². The molecule has 1 aromatic carbocycles. The first-order valence-corrected chi connectivity index (χ1v) is 7.43. The first-order chi connectivity index (χ1) is 9.69. The zero-order chi connectivity index (χ0) is 14.4. The molecule has 108 valence electrons. The van der Waals surface area contributed by atoms with Gasteiger partial charge in [-0.3, -0.25) is 0 Å². The molecule has 0 radical (unpaired) electrons. The van der Waals surface area contributed by atoms with Crippen LogP contribution in [-0.4, -0.2) is 5.16 Å². The molecule has 0 aliphatic heterocycles. The minimum Gasteiger partial charge on any atom is -0.361 e. The summed E-state index contributed by atoms with van der Waals surface area (Å²) >= 11 is 0. The highest BCUT2D eigenvalue weighted by Gasteiger charge is 2.06. The van der Waals surface area contributed by atoms with Gasteiger partial charge in [0, 0.05) is 18.7 Å². The van der Waals surface area contributed by atoms with E-state index in [2.05, 4.69) is 48.6 Å². The fraction of sp³-hybridized carbons (Fsp3) is 0.471. The number of rotatable bonds is 7. The zero-order valence-electron chi connectivity index (χ0n) is 12.6. The molecule has 1 N–H and O–H groups in total. The Morgan fingerprint density at radius 3 is 2.60 bits per heavy atom. The molecule has 0 saturated heterocycles. The second-order valence-electron chi connectivity index (χ2n) is 5.38. The first kappa shape index (κ1) is 14.8. The quantitative estimate of drug-likeness (QED) is 0.821. The largest absolute Gasteiger partial charge is 0.361 e. The normalized spacial score (nSPS) is 12.6. The van der Waals surface area contributed by atoms with Crippen molar-refractivity contribution < 1.29 is 4.52 Å². The molecule has 0 aliphatic carbocycles. The summed E-state index contributed by atoms with van der Waals surface area (Å²) in [5.74, 6) is 0.856. The van der Waals surface area contributed by atoms with E-state index >= 15 is 0 Å². The Hall–Kier alpha value is -1.61. The number of benzene rings is 1. The Kier molecular flexibility index (Phi) is 5.36. The summed E-state index contributed by atoms with van der Waals surface area (Å²) in [4.78, 5) is 0. The topological polar surface area (TPSA) is 38.1 Å². The molecule has 20 heavy (non-hydrogen) atoms. The number of hydrogen-bond donors (Lipinski definition) is 1. The maximum Gasteiger partial charge on any atom is 0.133 e. The number of nitrogens with zero attached hydrogens (tertiary/aromatic N) is 1. The van der Waals surface area contributed by atoms with Crippen LogP contribution >= 0.6 is 0 Å². The molecule has 3 nitrogen and oxygen atoms in total. The van der Waals surface area contributed by atoms with Crippen LogP contribution in [-0.2, 0) is 13.0 Å². The maximum atomic E-state index is 5.07. The van der Waals surface area contributed by atoms with Gasteiger partial charge in [0.15, 0.2) is 0 Å². The summed E-state index contributed by atoms with van der Waals surface area (Å²) in [5, 5.41) is 7.46. The number of hydrogen-bond acceptors (Lipinski definition) is 3. The molecular weight excluding hydrogens is 248 g/mol. The molecule has 0 saturated carbocycles. The Morgan fingerprint density at radius 1 is 1.25 bits per heavy atom. The molecule has 3 heteroatoms. The molecule has 1 aromatic heterocycles. The van der Waals surface area contributed by atoms with E-state index in [9.17, 15) is 0 Å². The predicted octanol–water partition coefficient (Wildman–Crippen LogP) is 4.18. The summed E-state index contributed by atoms with van der Waals surface area (Å²) in [6.07, 6.45) is 3.69. The average molecular weight is 272 g/mol. The van der Waals surface area contributed by atoms with Crippen LogP contribution in [0.2, 0.25) is 0 Å². The van der Waals surface area contributed by atoms with Gasteiger partial charge in [-0.2, -0.15) is 0 Å². The molecule has 1 unspecified atom stereocenters. The first-order valence-electron chi connectivity index (χ1n) is 7.43. The van der Waals surface area contributed by atoms with E-state index in [4.69, 9.17) is 4.52 Å². The van der Waals surface area contributed by atoms with Gasteiger partial charge in [-0.05, 0) is 37.8 Å². The van der Waals surface area contributed by atoms with Crippen molar-refractivity contribution in [3.05, 3.63) is 52.9 Å². The van der Waals surface area contributed by atoms with E-state index in [0.717, 1.165) is 18.0 Å². The smallest absolute Gasteiger partial charge is 0.133 e. The Balaban J connectivity index is 1.86. The zero-order valence-corrected chi connectivity index (χ0v) is 12.6. The lowest BCUT2D eigenvalue weighted by molar-refractivity contribution is 0.386. The van der Waals surface area contributed by atoms with Crippen molar-refractivity contribution in [3.63, 3.8) is 0 Å².